The van der Waals surface area contributed by atoms with Gasteiger partial charge in [0.2, 0.25) is 0 Å². The Kier molecular flexibility index (Phi) is 3.83. The number of hydrogen-bond donors (Lipinski definition) is 0. The van der Waals surface area contributed by atoms with Gasteiger partial charge in [-0.3, -0.25) is 0 Å². The van der Waals surface area contributed by atoms with Crippen LogP contribution in [0.1, 0.15) is 43.9 Å². The Morgan fingerprint density at radius 2 is 1.85 bits per heavy atom. The van der Waals surface area contributed by atoms with Crippen molar-refractivity contribution in [2.75, 3.05) is 13.6 Å². The quantitative estimate of drug-likeness (QED) is 0.582. The highest BCUT2D eigenvalue weighted by Crippen LogP contribution is 2.46. The standard InChI is InChI=1S/C24H30BN/c1-5-24-16(3)25-22-11-10-19-18-9-7-6-8-17(18)13-20(19)21(22)12-15(2)23(25)14-26(24)4/h6-11,15-16,23-24H,5,12-14H2,1-4H3/t15-,16-,23-,24+/m1/s1. The maximum absolute atomic E-state index is 2.65. The fourth-order valence-electron chi connectivity index (χ4n) is 6.66. The molecule has 1 nitrogen and oxygen atoms in total. The average molecular weight is 343 g/mol. The third kappa shape index (κ3) is 2.21. The van der Waals surface area contributed by atoms with E-state index in [2.05, 4.69) is 69.1 Å². The van der Waals surface area contributed by atoms with Gasteiger partial charge in [-0.15, -0.1) is 0 Å². The van der Waals surface area contributed by atoms with Crippen molar-refractivity contribution in [3.63, 3.8) is 0 Å². The van der Waals surface area contributed by atoms with E-state index >= 15 is 0 Å². The molecule has 2 aliphatic heterocycles. The minimum atomic E-state index is 0.722. The van der Waals surface area contributed by atoms with Gasteiger partial charge in [0, 0.05) is 6.04 Å². The second kappa shape index (κ2) is 5.99. The van der Waals surface area contributed by atoms with Crippen molar-refractivity contribution in [3.05, 3.63) is 53.1 Å². The maximum Gasteiger partial charge on any atom is 0.185 e. The van der Waals surface area contributed by atoms with Crippen molar-refractivity contribution >= 4 is 12.2 Å². The molecule has 0 N–H and O–H groups in total. The van der Waals surface area contributed by atoms with Crippen LogP contribution in [0.15, 0.2) is 36.4 Å². The minimum absolute atomic E-state index is 0.722. The highest BCUT2D eigenvalue weighted by atomic mass is 15.1. The van der Waals surface area contributed by atoms with Crippen LogP contribution in [0.25, 0.3) is 11.1 Å². The van der Waals surface area contributed by atoms with Crippen LogP contribution >= 0.6 is 0 Å². The van der Waals surface area contributed by atoms with Gasteiger partial charge >= 0.3 is 0 Å². The molecule has 2 aromatic rings. The second-order valence-electron chi connectivity index (χ2n) is 9.14. The number of rotatable bonds is 1. The molecule has 0 amide bonds. The second-order valence-corrected chi connectivity index (χ2v) is 9.14. The van der Waals surface area contributed by atoms with Crippen LogP contribution in [0.2, 0.25) is 11.6 Å². The van der Waals surface area contributed by atoms with Gasteiger partial charge in [-0.2, -0.15) is 0 Å². The van der Waals surface area contributed by atoms with Crippen molar-refractivity contribution < 1.29 is 0 Å². The molecule has 0 bridgehead atoms. The predicted octanol–water partition coefficient (Wildman–Crippen LogP) is 4.64. The van der Waals surface area contributed by atoms with Gasteiger partial charge in [0.05, 0.1) is 0 Å². The first-order valence-corrected chi connectivity index (χ1v) is 10.5. The van der Waals surface area contributed by atoms with Crippen LogP contribution in [0.5, 0.6) is 0 Å². The van der Waals surface area contributed by atoms with Crippen LogP contribution in [0, 0.1) is 5.92 Å². The highest BCUT2D eigenvalue weighted by molar-refractivity contribution is 6.77. The molecule has 0 aromatic heterocycles. The van der Waals surface area contributed by atoms with E-state index in [4.69, 9.17) is 0 Å². The third-order valence-corrected chi connectivity index (χ3v) is 7.88. The van der Waals surface area contributed by atoms with Crippen LogP contribution in [0.3, 0.4) is 0 Å². The predicted molar refractivity (Wildman–Crippen MR) is 113 cm³/mol. The number of benzene rings is 2. The van der Waals surface area contributed by atoms with Crippen LogP contribution < -0.4 is 5.46 Å². The van der Waals surface area contributed by atoms with Gasteiger partial charge in [-0.25, -0.2) is 0 Å². The zero-order valence-corrected chi connectivity index (χ0v) is 16.6. The molecule has 3 aliphatic rings. The first-order valence-electron chi connectivity index (χ1n) is 10.5. The van der Waals surface area contributed by atoms with Crippen molar-refractivity contribution in [3.8, 4) is 11.1 Å². The lowest BCUT2D eigenvalue weighted by Gasteiger charge is -2.50. The van der Waals surface area contributed by atoms with Gasteiger partial charge in [0.15, 0.2) is 6.71 Å². The molecule has 1 fully saturated rings. The van der Waals surface area contributed by atoms with Gasteiger partial charge < -0.3 is 4.90 Å². The molecule has 0 saturated carbocycles. The molecule has 0 unspecified atom stereocenters. The summed E-state index contributed by atoms with van der Waals surface area (Å²) in [6.45, 7) is 9.40. The topological polar surface area (TPSA) is 3.24 Å². The van der Waals surface area contributed by atoms with Gasteiger partial charge in [-0.05, 0) is 78.2 Å². The SMILES string of the molecule is CC[C@H]1[C@@H](C)B2c3ccc4c(c3C[C@@H](C)[C@H]2CN1C)Cc1ccccc1-4. The van der Waals surface area contributed by atoms with E-state index in [-0.39, 0.29) is 0 Å². The third-order valence-electron chi connectivity index (χ3n) is 7.88. The maximum atomic E-state index is 2.65. The fraction of sp³-hybridized carbons (Fsp3) is 0.500. The molecule has 1 saturated heterocycles. The molecule has 26 heavy (non-hydrogen) atoms. The molecular formula is C24H30BN. The molecule has 5 rings (SSSR count). The van der Waals surface area contributed by atoms with Crippen LogP contribution in [-0.2, 0) is 12.8 Å². The number of hydrogen-bond acceptors (Lipinski definition) is 1. The molecule has 0 spiro atoms. The molecular weight excluding hydrogens is 313 g/mol. The summed E-state index contributed by atoms with van der Waals surface area (Å²) in [5.41, 5.74) is 9.56. The Morgan fingerprint density at radius 3 is 2.65 bits per heavy atom. The van der Waals surface area contributed by atoms with Crippen LogP contribution in [0.4, 0.5) is 0 Å². The van der Waals surface area contributed by atoms with E-state index in [1.807, 2.05) is 0 Å². The zero-order valence-electron chi connectivity index (χ0n) is 16.6. The van der Waals surface area contributed by atoms with E-state index in [1.54, 1.807) is 16.6 Å². The van der Waals surface area contributed by atoms with Crippen molar-refractivity contribution in [2.45, 2.75) is 57.7 Å². The zero-order chi connectivity index (χ0) is 18.0. The summed E-state index contributed by atoms with van der Waals surface area (Å²) in [5.74, 6) is 2.34. The summed E-state index contributed by atoms with van der Waals surface area (Å²) in [6.07, 6.45) is 3.68. The molecule has 2 heterocycles. The summed E-state index contributed by atoms with van der Waals surface area (Å²) in [7, 11) is 2.35. The van der Waals surface area contributed by atoms with Gasteiger partial charge in [-0.1, -0.05) is 62.6 Å². The summed E-state index contributed by atoms with van der Waals surface area (Å²) in [5, 5.41) is 0. The van der Waals surface area contributed by atoms with Crippen LogP contribution in [-0.4, -0.2) is 31.2 Å². The normalized spacial score (nSPS) is 29.8. The number of nitrogens with zero attached hydrogens (tertiary/aromatic N) is 1. The minimum Gasteiger partial charge on any atom is -0.304 e. The van der Waals surface area contributed by atoms with E-state index in [0.29, 0.717) is 0 Å². The van der Waals surface area contributed by atoms with E-state index < -0.39 is 0 Å². The smallest absolute Gasteiger partial charge is 0.185 e. The van der Waals surface area contributed by atoms with E-state index in [9.17, 15) is 0 Å². The van der Waals surface area contributed by atoms with Crippen molar-refractivity contribution in [2.24, 2.45) is 5.92 Å². The van der Waals surface area contributed by atoms with Crippen molar-refractivity contribution in [1.29, 1.82) is 0 Å². The molecule has 2 aromatic carbocycles. The van der Waals surface area contributed by atoms with Gasteiger partial charge in [0.25, 0.3) is 0 Å². The Labute approximate surface area is 158 Å². The molecule has 0 radical (unpaired) electrons. The van der Waals surface area contributed by atoms with Gasteiger partial charge in [0.1, 0.15) is 0 Å². The first kappa shape index (κ1) is 16.6. The van der Waals surface area contributed by atoms with E-state index in [0.717, 1.165) is 36.7 Å². The van der Waals surface area contributed by atoms with Crippen molar-refractivity contribution in [1.82, 2.24) is 4.90 Å². The lowest BCUT2D eigenvalue weighted by molar-refractivity contribution is 0.192. The summed E-state index contributed by atoms with van der Waals surface area (Å²) in [6, 6.07) is 14.7. The average Bonchev–Trinajstić information content (AvgIpc) is 3.01. The lowest BCUT2D eigenvalue weighted by Crippen LogP contribution is -2.59. The molecule has 1 aliphatic carbocycles. The largest absolute Gasteiger partial charge is 0.304 e. The summed E-state index contributed by atoms with van der Waals surface area (Å²) >= 11 is 0. The highest BCUT2D eigenvalue weighted by Gasteiger charge is 2.48. The summed E-state index contributed by atoms with van der Waals surface area (Å²) in [4.78, 5) is 2.65. The fourth-order valence-corrected chi connectivity index (χ4v) is 6.66. The molecule has 2 heteroatoms. The Bertz CT molecular complexity index is 857. The lowest BCUT2D eigenvalue weighted by atomic mass is 9.24. The Morgan fingerprint density at radius 1 is 1.04 bits per heavy atom. The molecule has 4 atom stereocenters. The first-order chi connectivity index (χ1) is 12.6. The summed E-state index contributed by atoms with van der Waals surface area (Å²) < 4.78 is 0. The Hall–Kier alpha value is -1.54. The monoisotopic (exact) mass is 343 g/mol. The molecule has 134 valence electrons. The Balaban J connectivity index is 1.63. The number of fused-ring (bicyclic) bond motifs is 7. The van der Waals surface area contributed by atoms with E-state index in [1.165, 1.54) is 36.1 Å².